The topological polar surface area (TPSA) is 80.9 Å². The largest absolute Gasteiger partial charge is 0.481 e. The summed E-state index contributed by atoms with van der Waals surface area (Å²) in [7, 11) is 0. The molecular formula is C13H17N3O4S. The Morgan fingerprint density at radius 3 is 2.90 bits per heavy atom. The van der Waals surface area contributed by atoms with Crippen LogP contribution in [0.2, 0.25) is 0 Å². The van der Waals surface area contributed by atoms with E-state index < -0.39 is 6.10 Å². The summed E-state index contributed by atoms with van der Waals surface area (Å²) in [6, 6.07) is 5.14. The number of amides is 1. The molecule has 2 rings (SSSR count). The molecule has 8 heteroatoms. The van der Waals surface area contributed by atoms with E-state index in [2.05, 4.69) is 16.2 Å². The zero-order valence-electron chi connectivity index (χ0n) is 11.8. The van der Waals surface area contributed by atoms with E-state index in [0.717, 1.165) is 0 Å². The van der Waals surface area contributed by atoms with Gasteiger partial charge in [0, 0.05) is 12.6 Å². The Kier molecular flexibility index (Phi) is 5.04. The van der Waals surface area contributed by atoms with E-state index in [1.807, 2.05) is 6.92 Å². The lowest BCUT2D eigenvalue weighted by atomic mass is 10.3. The summed E-state index contributed by atoms with van der Waals surface area (Å²) in [4.78, 5) is 11.8. The van der Waals surface area contributed by atoms with Crippen LogP contribution in [0.25, 0.3) is 0 Å². The first-order chi connectivity index (χ1) is 10.1. The third-order valence-corrected chi connectivity index (χ3v) is 2.91. The Balaban J connectivity index is 1.84. The van der Waals surface area contributed by atoms with Crippen LogP contribution in [0.5, 0.6) is 17.2 Å². The summed E-state index contributed by atoms with van der Waals surface area (Å²) < 4.78 is 16.0. The molecule has 1 heterocycles. The van der Waals surface area contributed by atoms with Gasteiger partial charge in [0.05, 0.1) is 0 Å². The van der Waals surface area contributed by atoms with Crippen molar-refractivity contribution in [2.24, 2.45) is 0 Å². The molecule has 0 unspecified atom stereocenters. The minimum Gasteiger partial charge on any atom is -0.481 e. The molecule has 1 atom stereocenters. The first-order valence-electron chi connectivity index (χ1n) is 6.50. The second-order valence-electron chi connectivity index (χ2n) is 4.25. The van der Waals surface area contributed by atoms with Gasteiger partial charge >= 0.3 is 0 Å². The SMILES string of the molecule is CCNC(=S)NNC(=O)[C@H](C)Oc1ccc2c(c1)OCO2. The summed E-state index contributed by atoms with van der Waals surface area (Å²) in [5.74, 6) is 1.45. The molecule has 0 saturated heterocycles. The van der Waals surface area contributed by atoms with Crippen molar-refractivity contribution >= 4 is 23.2 Å². The molecule has 1 aromatic carbocycles. The van der Waals surface area contributed by atoms with Crippen LogP contribution in [0.4, 0.5) is 0 Å². The van der Waals surface area contributed by atoms with Crippen LogP contribution in [0, 0.1) is 0 Å². The van der Waals surface area contributed by atoms with Crippen molar-refractivity contribution in [2.45, 2.75) is 20.0 Å². The molecule has 0 radical (unpaired) electrons. The number of thiocarbonyl (C=S) groups is 1. The molecule has 7 nitrogen and oxygen atoms in total. The molecule has 114 valence electrons. The molecule has 0 aliphatic carbocycles. The van der Waals surface area contributed by atoms with Crippen LogP contribution < -0.4 is 30.4 Å². The fraction of sp³-hybridized carbons (Fsp3) is 0.385. The van der Waals surface area contributed by atoms with Crippen LogP contribution >= 0.6 is 12.2 Å². The van der Waals surface area contributed by atoms with Crippen LogP contribution in [0.1, 0.15) is 13.8 Å². The van der Waals surface area contributed by atoms with Crippen molar-refractivity contribution in [2.75, 3.05) is 13.3 Å². The van der Waals surface area contributed by atoms with E-state index >= 15 is 0 Å². The van der Waals surface area contributed by atoms with E-state index in [0.29, 0.717) is 28.9 Å². The molecule has 1 amide bonds. The Morgan fingerprint density at radius 2 is 2.14 bits per heavy atom. The van der Waals surface area contributed by atoms with Gasteiger partial charge in [0.25, 0.3) is 5.91 Å². The molecule has 0 aromatic heterocycles. The summed E-state index contributed by atoms with van der Waals surface area (Å²) >= 11 is 4.93. The van der Waals surface area contributed by atoms with E-state index in [-0.39, 0.29) is 12.7 Å². The number of nitrogens with one attached hydrogen (secondary N) is 3. The normalized spacial score (nSPS) is 13.2. The van der Waals surface area contributed by atoms with Crippen molar-refractivity contribution < 1.29 is 19.0 Å². The fourth-order valence-electron chi connectivity index (χ4n) is 1.63. The predicted molar refractivity (Wildman–Crippen MR) is 80.2 cm³/mol. The van der Waals surface area contributed by atoms with Crippen molar-refractivity contribution in [1.82, 2.24) is 16.2 Å². The number of hydrogen-bond donors (Lipinski definition) is 3. The number of hydrogen-bond acceptors (Lipinski definition) is 5. The maximum atomic E-state index is 11.8. The van der Waals surface area contributed by atoms with Crippen LogP contribution in [-0.4, -0.2) is 30.5 Å². The molecule has 1 aliphatic heterocycles. The van der Waals surface area contributed by atoms with E-state index in [9.17, 15) is 4.79 Å². The lowest BCUT2D eigenvalue weighted by molar-refractivity contribution is -0.127. The highest BCUT2D eigenvalue weighted by Gasteiger charge is 2.18. The fourth-order valence-corrected chi connectivity index (χ4v) is 1.83. The number of hydrazine groups is 1. The molecule has 1 aliphatic rings. The number of benzene rings is 1. The molecule has 0 bridgehead atoms. The van der Waals surface area contributed by atoms with Gasteiger partial charge in [0.2, 0.25) is 6.79 Å². The van der Waals surface area contributed by atoms with Gasteiger partial charge in [-0.3, -0.25) is 15.6 Å². The van der Waals surface area contributed by atoms with Gasteiger partial charge in [-0.05, 0) is 38.2 Å². The van der Waals surface area contributed by atoms with E-state index in [4.69, 9.17) is 26.4 Å². The number of rotatable bonds is 4. The first-order valence-corrected chi connectivity index (χ1v) is 6.91. The molecular weight excluding hydrogens is 294 g/mol. The zero-order chi connectivity index (χ0) is 15.2. The van der Waals surface area contributed by atoms with Crippen molar-refractivity contribution in [3.8, 4) is 17.2 Å². The molecule has 0 spiro atoms. The van der Waals surface area contributed by atoms with E-state index in [1.54, 1.807) is 25.1 Å². The average molecular weight is 311 g/mol. The predicted octanol–water partition coefficient (Wildman–Crippen LogP) is 0.698. The van der Waals surface area contributed by atoms with Gasteiger partial charge in [0.1, 0.15) is 5.75 Å². The summed E-state index contributed by atoms with van der Waals surface area (Å²) in [5.41, 5.74) is 5.05. The maximum Gasteiger partial charge on any atom is 0.279 e. The van der Waals surface area contributed by atoms with Gasteiger partial charge in [-0.2, -0.15) is 0 Å². The quantitative estimate of drug-likeness (QED) is 0.558. The summed E-state index contributed by atoms with van der Waals surface area (Å²) in [5, 5.41) is 3.20. The summed E-state index contributed by atoms with van der Waals surface area (Å²) in [6.45, 7) is 4.41. The van der Waals surface area contributed by atoms with Gasteiger partial charge in [-0.1, -0.05) is 0 Å². The monoisotopic (exact) mass is 311 g/mol. The minimum atomic E-state index is -0.692. The van der Waals surface area contributed by atoms with Gasteiger partial charge in [0.15, 0.2) is 22.7 Å². The lowest BCUT2D eigenvalue weighted by Crippen LogP contribution is -2.50. The van der Waals surface area contributed by atoms with Crippen LogP contribution in [-0.2, 0) is 4.79 Å². The van der Waals surface area contributed by atoms with Crippen molar-refractivity contribution in [3.63, 3.8) is 0 Å². The standard InChI is InChI=1S/C13H17N3O4S/c1-3-14-13(21)16-15-12(17)8(2)20-9-4-5-10-11(6-9)19-7-18-10/h4-6,8H,3,7H2,1-2H3,(H,15,17)(H2,14,16,21)/t8-/m0/s1. The highest BCUT2D eigenvalue weighted by atomic mass is 32.1. The zero-order valence-corrected chi connectivity index (χ0v) is 12.6. The highest BCUT2D eigenvalue weighted by Crippen LogP contribution is 2.35. The average Bonchev–Trinajstić information content (AvgIpc) is 2.92. The third-order valence-electron chi connectivity index (χ3n) is 2.66. The number of carbonyl (C=O) groups excluding carboxylic acids is 1. The van der Waals surface area contributed by atoms with Gasteiger partial charge < -0.3 is 19.5 Å². The Hall–Kier alpha value is -2.22. The molecule has 3 N–H and O–H groups in total. The van der Waals surface area contributed by atoms with Crippen molar-refractivity contribution in [1.29, 1.82) is 0 Å². The number of carbonyl (C=O) groups is 1. The Morgan fingerprint density at radius 1 is 1.38 bits per heavy atom. The second kappa shape index (κ2) is 6.98. The van der Waals surface area contributed by atoms with Crippen LogP contribution in [0.15, 0.2) is 18.2 Å². The maximum absolute atomic E-state index is 11.8. The second-order valence-corrected chi connectivity index (χ2v) is 4.66. The third kappa shape index (κ3) is 4.12. The molecule has 21 heavy (non-hydrogen) atoms. The van der Waals surface area contributed by atoms with Gasteiger partial charge in [-0.15, -0.1) is 0 Å². The molecule has 0 saturated carbocycles. The smallest absolute Gasteiger partial charge is 0.279 e. The lowest BCUT2D eigenvalue weighted by Gasteiger charge is -2.16. The van der Waals surface area contributed by atoms with Crippen molar-refractivity contribution in [3.05, 3.63) is 18.2 Å². The molecule has 1 aromatic rings. The number of ether oxygens (including phenoxy) is 3. The summed E-state index contributed by atoms with van der Waals surface area (Å²) in [6.07, 6.45) is -0.692. The number of fused-ring (bicyclic) bond motifs is 1. The highest BCUT2D eigenvalue weighted by molar-refractivity contribution is 7.80. The van der Waals surface area contributed by atoms with Gasteiger partial charge in [-0.25, -0.2) is 0 Å². The van der Waals surface area contributed by atoms with Crippen LogP contribution in [0.3, 0.4) is 0 Å². The minimum absolute atomic E-state index is 0.195. The Bertz CT molecular complexity index is 538. The molecule has 0 fully saturated rings. The Labute approximate surface area is 127 Å². The first kappa shape index (κ1) is 15.2. The van der Waals surface area contributed by atoms with E-state index in [1.165, 1.54) is 0 Å².